The Morgan fingerprint density at radius 2 is 1.68 bits per heavy atom. The van der Waals surface area contributed by atoms with Crippen LogP contribution < -0.4 is 10.3 Å². The molecule has 166 valence electrons. The molecule has 3 rings (SSSR count). The monoisotopic (exact) mass is 457 g/mol. The molecule has 0 spiro atoms. The van der Waals surface area contributed by atoms with E-state index >= 15 is 0 Å². The van der Waals surface area contributed by atoms with Crippen LogP contribution in [0.25, 0.3) is 11.0 Å². The number of fused-ring (bicyclic) bond motifs is 1. The summed E-state index contributed by atoms with van der Waals surface area (Å²) in [6, 6.07) is 10.2. The van der Waals surface area contributed by atoms with Crippen molar-refractivity contribution < 1.29 is 36.2 Å². The second-order valence-electron chi connectivity index (χ2n) is 6.82. The van der Waals surface area contributed by atoms with Crippen LogP contribution in [-0.2, 0) is 22.6 Å². The highest BCUT2D eigenvalue weighted by molar-refractivity contribution is 7.89. The van der Waals surface area contributed by atoms with Crippen LogP contribution in [0.2, 0.25) is 0 Å². The Hall–Kier alpha value is -2.73. The summed E-state index contributed by atoms with van der Waals surface area (Å²) in [7, 11) is -3.90. The fourth-order valence-corrected chi connectivity index (χ4v) is 4.00. The molecular formula is C20H18F3NO6S. The Bertz CT molecular complexity index is 1240. The van der Waals surface area contributed by atoms with Gasteiger partial charge in [0.15, 0.2) is 0 Å². The molecule has 1 atom stereocenters. The van der Waals surface area contributed by atoms with Gasteiger partial charge in [-0.2, -0.15) is 13.2 Å². The van der Waals surface area contributed by atoms with Gasteiger partial charge in [-0.05, 0) is 41.8 Å². The largest absolute Gasteiger partial charge is 0.423 e. The van der Waals surface area contributed by atoms with Crippen LogP contribution >= 0.6 is 0 Å². The van der Waals surface area contributed by atoms with Crippen molar-refractivity contribution in [2.75, 3.05) is 13.2 Å². The van der Waals surface area contributed by atoms with E-state index in [-0.39, 0.29) is 28.8 Å². The minimum Gasteiger partial charge on any atom is -0.423 e. The fourth-order valence-electron chi connectivity index (χ4n) is 2.93. The normalized spacial score (nSPS) is 13.5. The highest BCUT2D eigenvalue weighted by atomic mass is 32.2. The molecule has 0 bridgehead atoms. The van der Waals surface area contributed by atoms with Crippen molar-refractivity contribution in [2.45, 2.75) is 23.6 Å². The summed E-state index contributed by atoms with van der Waals surface area (Å²) >= 11 is 0. The van der Waals surface area contributed by atoms with E-state index in [1.807, 2.05) is 0 Å². The van der Waals surface area contributed by atoms with Gasteiger partial charge in [0, 0.05) is 18.0 Å². The highest BCUT2D eigenvalue weighted by Gasteiger charge is 2.33. The van der Waals surface area contributed by atoms with E-state index in [0.717, 1.165) is 0 Å². The summed E-state index contributed by atoms with van der Waals surface area (Å²) in [5.74, 6) is 0. The summed E-state index contributed by atoms with van der Waals surface area (Å²) in [6.45, 7) is -0.942. The molecule has 1 aromatic heterocycles. The van der Waals surface area contributed by atoms with Crippen molar-refractivity contribution in [3.63, 3.8) is 0 Å². The lowest BCUT2D eigenvalue weighted by atomic mass is 10.0. The molecule has 3 aromatic rings. The number of aliphatic hydroxyl groups excluding tert-OH is 2. The van der Waals surface area contributed by atoms with Crippen molar-refractivity contribution in [3.05, 3.63) is 75.6 Å². The van der Waals surface area contributed by atoms with Crippen LogP contribution in [0.5, 0.6) is 0 Å². The lowest BCUT2D eigenvalue weighted by molar-refractivity contribution is -0.136. The van der Waals surface area contributed by atoms with Crippen LogP contribution in [0.4, 0.5) is 13.2 Å². The second kappa shape index (κ2) is 8.79. The number of aliphatic hydroxyl groups is 2. The Morgan fingerprint density at radius 3 is 2.29 bits per heavy atom. The molecule has 0 aliphatic heterocycles. The SMILES string of the molecule is O=c1cc(C(F)(F)F)c2cc(Cc3ccc(S(=O)(=O)NC[C@H](O)CO)cc3)ccc2o1. The molecular weight excluding hydrogens is 439 g/mol. The summed E-state index contributed by atoms with van der Waals surface area (Å²) < 4.78 is 71.2. The predicted octanol–water partition coefficient (Wildman–Crippen LogP) is 2.03. The van der Waals surface area contributed by atoms with E-state index in [4.69, 9.17) is 9.52 Å². The van der Waals surface area contributed by atoms with E-state index in [1.165, 1.54) is 42.5 Å². The van der Waals surface area contributed by atoms with Gasteiger partial charge in [0.2, 0.25) is 10.0 Å². The van der Waals surface area contributed by atoms with Crippen LogP contribution in [0, 0.1) is 0 Å². The summed E-state index contributed by atoms with van der Waals surface area (Å²) in [5, 5.41) is 17.8. The molecule has 0 aliphatic carbocycles. The third-order valence-electron chi connectivity index (χ3n) is 4.47. The van der Waals surface area contributed by atoms with E-state index in [9.17, 15) is 31.5 Å². The molecule has 11 heteroatoms. The molecule has 2 aromatic carbocycles. The fraction of sp³-hybridized carbons (Fsp3) is 0.250. The lowest BCUT2D eigenvalue weighted by Crippen LogP contribution is -2.33. The highest BCUT2D eigenvalue weighted by Crippen LogP contribution is 2.34. The zero-order valence-electron chi connectivity index (χ0n) is 15.9. The topological polar surface area (TPSA) is 117 Å². The smallest absolute Gasteiger partial charge is 0.417 e. The molecule has 1 heterocycles. The van der Waals surface area contributed by atoms with Gasteiger partial charge in [-0.3, -0.25) is 0 Å². The maximum atomic E-state index is 13.3. The Morgan fingerprint density at radius 1 is 1.03 bits per heavy atom. The van der Waals surface area contributed by atoms with Crippen molar-refractivity contribution in [3.8, 4) is 0 Å². The van der Waals surface area contributed by atoms with Crippen LogP contribution in [0.1, 0.15) is 16.7 Å². The quantitative estimate of drug-likeness (QED) is 0.468. The van der Waals surface area contributed by atoms with Gasteiger partial charge in [-0.15, -0.1) is 0 Å². The molecule has 0 saturated carbocycles. The summed E-state index contributed by atoms with van der Waals surface area (Å²) in [6.07, 6.45) is -5.74. The molecule has 0 aliphatic rings. The van der Waals surface area contributed by atoms with E-state index < -0.39 is 40.1 Å². The van der Waals surface area contributed by atoms with Gasteiger partial charge in [0.1, 0.15) is 5.58 Å². The number of alkyl halides is 3. The molecule has 0 unspecified atom stereocenters. The molecule has 0 fully saturated rings. The average Bonchev–Trinajstić information content (AvgIpc) is 2.71. The van der Waals surface area contributed by atoms with Crippen molar-refractivity contribution in [2.24, 2.45) is 0 Å². The van der Waals surface area contributed by atoms with Gasteiger partial charge in [0.25, 0.3) is 0 Å². The zero-order chi connectivity index (χ0) is 22.8. The van der Waals surface area contributed by atoms with Gasteiger partial charge < -0.3 is 14.6 Å². The van der Waals surface area contributed by atoms with Crippen LogP contribution in [-0.4, -0.2) is 37.9 Å². The van der Waals surface area contributed by atoms with Gasteiger partial charge >= 0.3 is 11.8 Å². The Labute approximate surface area is 174 Å². The molecule has 0 saturated heterocycles. The maximum Gasteiger partial charge on any atom is 0.417 e. The molecule has 31 heavy (non-hydrogen) atoms. The minimum atomic E-state index is -4.72. The van der Waals surface area contributed by atoms with Gasteiger partial charge in [0.05, 0.1) is 23.2 Å². The number of hydrogen-bond acceptors (Lipinski definition) is 6. The second-order valence-corrected chi connectivity index (χ2v) is 8.58. The first-order valence-corrected chi connectivity index (χ1v) is 10.5. The van der Waals surface area contributed by atoms with Crippen LogP contribution in [0.15, 0.2) is 62.6 Å². The van der Waals surface area contributed by atoms with Crippen molar-refractivity contribution in [1.29, 1.82) is 0 Å². The third-order valence-corrected chi connectivity index (χ3v) is 5.91. The summed E-state index contributed by atoms with van der Waals surface area (Å²) in [5.41, 5.74) is -1.21. The number of sulfonamides is 1. The van der Waals surface area contributed by atoms with Crippen LogP contribution in [0.3, 0.4) is 0 Å². The first-order valence-electron chi connectivity index (χ1n) is 9.01. The molecule has 0 radical (unpaired) electrons. The Balaban J connectivity index is 1.84. The summed E-state index contributed by atoms with van der Waals surface area (Å²) in [4.78, 5) is 11.3. The van der Waals surface area contributed by atoms with E-state index in [1.54, 1.807) is 0 Å². The molecule has 3 N–H and O–H groups in total. The lowest BCUT2D eigenvalue weighted by Gasteiger charge is -2.11. The first-order chi connectivity index (χ1) is 14.5. The average molecular weight is 457 g/mol. The molecule has 0 amide bonds. The zero-order valence-corrected chi connectivity index (χ0v) is 16.7. The van der Waals surface area contributed by atoms with E-state index in [0.29, 0.717) is 17.2 Å². The third kappa shape index (κ3) is 5.50. The number of rotatable bonds is 7. The van der Waals surface area contributed by atoms with Gasteiger partial charge in [-0.25, -0.2) is 17.9 Å². The minimum absolute atomic E-state index is 0.0685. The predicted molar refractivity (Wildman–Crippen MR) is 105 cm³/mol. The van der Waals surface area contributed by atoms with Crippen molar-refractivity contribution in [1.82, 2.24) is 4.72 Å². The maximum absolute atomic E-state index is 13.3. The molecule has 7 nitrogen and oxygen atoms in total. The Kier molecular flexibility index (Phi) is 6.51. The number of nitrogens with one attached hydrogen (secondary N) is 1. The van der Waals surface area contributed by atoms with E-state index in [2.05, 4.69) is 4.72 Å². The first kappa shape index (κ1) is 22.9. The van der Waals surface area contributed by atoms with Crippen molar-refractivity contribution >= 4 is 21.0 Å². The standard InChI is InChI=1S/C20H18F3NO6S/c21-20(22,23)17-9-19(27)30-18-6-3-13(8-16(17)18)7-12-1-4-15(5-2-12)31(28,29)24-10-14(26)11-25/h1-6,8-9,14,24-26H,7,10-11H2/t14-/m0/s1. The number of benzene rings is 2. The number of hydrogen-bond donors (Lipinski definition) is 3. The van der Waals surface area contributed by atoms with Gasteiger partial charge in [-0.1, -0.05) is 18.2 Å². The number of halogens is 3.